The molecule has 18 heavy (non-hydrogen) atoms. The first-order valence-electron chi connectivity index (χ1n) is 7.01. The lowest BCUT2D eigenvalue weighted by Gasteiger charge is -2.26. The Balaban J connectivity index is 2.54. The molecule has 0 aromatic heterocycles. The van der Waals surface area contributed by atoms with Crippen LogP contribution in [0.4, 0.5) is 4.79 Å². The second kappa shape index (κ2) is 8.85. The Morgan fingerprint density at radius 3 is 2.67 bits per heavy atom. The highest BCUT2D eigenvalue weighted by Gasteiger charge is 2.25. The summed E-state index contributed by atoms with van der Waals surface area (Å²) in [6.45, 7) is 2.14. The van der Waals surface area contributed by atoms with E-state index in [1.165, 1.54) is 26.4 Å². The first-order valence-corrected chi connectivity index (χ1v) is 7.01. The summed E-state index contributed by atoms with van der Waals surface area (Å²) in [5, 5.41) is 0. The van der Waals surface area contributed by atoms with Crippen molar-refractivity contribution in [3.05, 3.63) is 0 Å². The molecular weight excluding hydrogens is 228 g/mol. The molecule has 1 saturated carbocycles. The molecule has 0 unspecified atom stereocenters. The molecule has 1 fully saturated rings. The van der Waals surface area contributed by atoms with Crippen LogP contribution in [0, 0.1) is 17.8 Å². The predicted molar refractivity (Wildman–Crippen MR) is 71.2 cm³/mol. The summed E-state index contributed by atoms with van der Waals surface area (Å²) in [5.74, 6) is 6.63. The second-order valence-corrected chi connectivity index (χ2v) is 4.82. The fourth-order valence-corrected chi connectivity index (χ4v) is 2.27. The zero-order valence-corrected chi connectivity index (χ0v) is 11.5. The van der Waals surface area contributed by atoms with E-state index in [0.29, 0.717) is 5.92 Å². The molecule has 1 atom stereocenters. The van der Waals surface area contributed by atoms with Crippen molar-refractivity contribution in [3.63, 3.8) is 0 Å². The third-order valence-corrected chi connectivity index (χ3v) is 3.37. The monoisotopic (exact) mass is 252 g/mol. The minimum Gasteiger partial charge on any atom is -0.438 e. The third kappa shape index (κ3) is 5.44. The van der Waals surface area contributed by atoms with Gasteiger partial charge in [0.05, 0.1) is 7.11 Å². The van der Waals surface area contributed by atoms with Gasteiger partial charge in [-0.2, -0.15) is 0 Å². The van der Waals surface area contributed by atoms with Gasteiger partial charge in [-0.05, 0) is 19.3 Å². The van der Waals surface area contributed by atoms with Crippen molar-refractivity contribution in [2.45, 2.75) is 64.4 Å². The van der Waals surface area contributed by atoms with Gasteiger partial charge in [-0.3, -0.25) is 0 Å². The second-order valence-electron chi connectivity index (χ2n) is 4.82. The molecule has 0 spiro atoms. The smallest absolute Gasteiger partial charge is 0.438 e. The van der Waals surface area contributed by atoms with Crippen LogP contribution < -0.4 is 0 Å². The SMILES string of the molecule is CCCCC#C[C@@H](OC(=O)OC)C1CCCCC1. The molecule has 0 saturated heterocycles. The molecule has 0 aromatic rings. The van der Waals surface area contributed by atoms with Crippen LogP contribution in [-0.4, -0.2) is 19.4 Å². The summed E-state index contributed by atoms with van der Waals surface area (Å²) >= 11 is 0. The van der Waals surface area contributed by atoms with Gasteiger partial charge in [-0.25, -0.2) is 4.79 Å². The standard InChI is InChI=1S/C15H24O3/c1-3-4-5-9-12-14(18-15(16)17-2)13-10-7-6-8-11-13/h13-14H,3-8,10-11H2,1-2H3/t14-/m1/s1. The van der Waals surface area contributed by atoms with Crippen LogP contribution in [0.2, 0.25) is 0 Å². The summed E-state index contributed by atoms with van der Waals surface area (Å²) in [4.78, 5) is 11.2. The van der Waals surface area contributed by atoms with Gasteiger partial charge < -0.3 is 9.47 Å². The first kappa shape index (κ1) is 14.9. The Labute approximate surface area is 110 Å². The number of ether oxygens (including phenoxy) is 2. The van der Waals surface area contributed by atoms with Crippen LogP contribution in [0.5, 0.6) is 0 Å². The van der Waals surface area contributed by atoms with Crippen LogP contribution in [0.25, 0.3) is 0 Å². The average molecular weight is 252 g/mol. The van der Waals surface area contributed by atoms with E-state index < -0.39 is 6.16 Å². The molecule has 0 heterocycles. The van der Waals surface area contributed by atoms with E-state index in [1.54, 1.807) is 0 Å². The minimum atomic E-state index is -0.615. The van der Waals surface area contributed by atoms with Crippen LogP contribution in [-0.2, 0) is 9.47 Å². The highest BCUT2D eigenvalue weighted by atomic mass is 16.7. The van der Waals surface area contributed by atoms with Crippen molar-refractivity contribution >= 4 is 6.16 Å². The minimum absolute atomic E-state index is 0.283. The summed E-state index contributed by atoms with van der Waals surface area (Å²) in [6, 6.07) is 0. The summed E-state index contributed by atoms with van der Waals surface area (Å²) in [6.07, 6.45) is 8.13. The van der Waals surface area contributed by atoms with E-state index in [1.807, 2.05) is 0 Å². The molecule has 0 bridgehead atoms. The Bertz CT molecular complexity index is 295. The predicted octanol–water partition coefficient (Wildman–Crippen LogP) is 3.91. The molecule has 3 nitrogen and oxygen atoms in total. The molecule has 0 N–H and O–H groups in total. The third-order valence-electron chi connectivity index (χ3n) is 3.37. The lowest BCUT2D eigenvalue weighted by atomic mass is 9.85. The van der Waals surface area contributed by atoms with Gasteiger partial charge in [0.1, 0.15) is 0 Å². The van der Waals surface area contributed by atoms with Gasteiger partial charge in [0.15, 0.2) is 6.10 Å². The van der Waals surface area contributed by atoms with Gasteiger partial charge in [0.25, 0.3) is 0 Å². The number of unbranched alkanes of at least 4 members (excludes halogenated alkanes) is 2. The summed E-state index contributed by atoms with van der Waals surface area (Å²) in [7, 11) is 1.34. The lowest BCUT2D eigenvalue weighted by molar-refractivity contribution is 0.0290. The number of hydrogen-bond donors (Lipinski definition) is 0. The first-order chi connectivity index (χ1) is 8.77. The Morgan fingerprint density at radius 1 is 1.33 bits per heavy atom. The van der Waals surface area contributed by atoms with E-state index >= 15 is 0 Å². The zero-order chi connectivity index (χ0) is 13.2. The number of carbonyl (C=O) groups excluding carboxylic acids is 1. The molecule has 1 aliphatic rings. The van der Waals surface area contributed by atoms with Crippen molar-refractivity contribution in [2.24, 2.45) is 5.92 Å². The van der Waals surface area contributed by atoms with Gasteiger partial charge >= 0.3 is 6.16 Å². The van der Waals surface area contributed by atoms with E-state index in [2.05, 4.69) is 23.5 Å². The number of carbonyl (C=O) groups is 1. The fraction of sp³-hybridized carbons (Fsp3) is 0.800. The summed E-state index contributed by atoms with van der Waals surface area (Å²) < 4.78 is 9.85. The van der Waals surface area contributed by atoms with Gasteiger partial charge in [-0.15, -0.1) is 0 Å². The maximum Gasteiger partial charge on any atom is 0.509 e. The average Bonchev–Trinajstić information content (AvgIpc) is 2.43. The summed E-state index contributed by atoms with van der Waals surface area (Å²) in [5.41, 5.74) is 0. The molecule has 0 aromatic carbocycles. The normalized spacial score (nSPS) is 17.4. The van der Waals surface area contributed by atoms with E-state index in [0.717, 1.165) is 32.1 Å². The quantitative estimate of drug-likeness (QED) is 0.432. The maximum absolute atomic E-state index is 11.2. The molecule has 0 amide bonds. The van der Waals surface area contributed by atoms with E-state index in [-0.39, 0.29) is 6.10 Å². The van der Waals surface area contributed by atoms with E-state index in [4.69, 9.17) is 4.74 Å². The van der Waals surface area contributed by atoms with Crippen LogP contribution >= 0.6 is 0 Å². The fourth-order valence-electron chi connectivity index (χ4n) is 2.27. The molecule has 1 rings (SSSR count). The molecule has 0 radical (unpaired) electrons. The van der Waals surface area contributed by atoms with Crippen molar-refractivity contribution in [1.82, 2.24) is 0 Å². The molecule has 3 heteroatoms. The zero-order valence-electron chi connectivity index (χ0n) is 11.5. The number of hydrogen-bond acceptors (Lipinski definition) is 3. The highest BCUT2D eigenvalue weighted by molar-refractivity contribution is 5.60. The number of rotatable bonds is 4. The molecule has 102 valence electrons. The van der Waals surface area contributed by atoms with Gasteiger partial charge in [0, 0.05) is 12.3 Å². The van der Waals surface area contributed by atoms with Gasteiger partial charge in [-0.1, -0.05) is 44.4 Å². The van der Waals surface area contributed by atoms with Crippen LogP contribution in [0.1, 0.15) is 58.3 Å². The lowest BCUT2D eigenvalue weighted by Crippen LogP contribution is -2.27. The van der Waals surface area contributed by atoms with Crippen molar-refractivity contribution < 1.29 is 14.3 Å². The van der Waals surface area contributed by atoms with Crippen molar-refractivity contribution in [3.8, 4) is 11.8 Å². The Kier molecular flexibility index (Phi) is 7.32. The topological polar surface area (TPSA) is 35.5 Å². The maximum atomic E-state index is 11.2. The van der Waals surface area contributed by atoms with Crippen molar-refractivity contribution in [1.29, 1.82) is 0 Å². The molecular formula is C15H24O3. The van der Waals surface area contributed by atoms with Gasteiger partial charge in [0.2, 0.25) is 0 Å². The molecule has 0 aliphatic heterocycles. The van der Waals surface area contributed by atoms with Crippen LogP contribution in [0.3, 0.4) is 0 Å². The van der Waals surface area contributed by atoms with Crippen molar-refractivity contribution in [2.75, 3.05) is 7.11 Å². The Hall–Kier alpha value is -1.17. The number of methoxy groups -OCH3 is 1. The molecule has 1 aliphatic carbocycles. The Morgan fingerprint density at radius 2 is 2.06 bits per heavy atom. The van der Waals surface area contributed by atoms with E-state index in [9.17, 15) is 4.79 Å². The highest BCUT2D eigenvalue weighted by Crippen LogP contribution is 2.28. The largest absolute Gasteiger partial charge is 0.509 e. The van der Waals surface area contributed by atoms with Crippen LogP contribution in [0.15, 0.2) is 0 Å².